The second-order valence-corrected chi connectivity index (χ2v) is 3.85. The van der Waals surface area contributed by atoms with Crippen molar-refractivity contribution in [1.29, 1.82) is 0 Å². The number of nitrogens with zero attached hydrogens (tertiary/aromatic N) is 1. The maximum absolute atomic E-state index is 12.7. The molecule has 1 rings (SSSR count). The number of aliphatic hydroxyl groups excluding tert-OH is 1. The molecule has 0 radical (unpaired) electrons. The molecule has 0 aromatic carbocycles. The molecule has 0 aromatic rings. The van der Waals surface area contributed by atoms with Gasteiger partial charge in [0.1, 0.15) is 6.04 Å². The lowest BCUT2D eigenvalue weighted by atomic mass is 10.1. The van der Waals surface area contributed by atoms with Crippen LogP contribution in [0.2, 0.25) is 0 Å². The molecule has 1 aliphatic rings. The summed E-state index contributed by atoms with van der Waals surface area (Å²) in [4.78, 5) is 1.34. The van der Waals surface area contributed by atoms with E-state index in [1.807, 2.05) is 0 Å². The second-order valence-electron chi connectivity index (χ2n) is 3.85. The predicted molar refractivity (Wildman–Crippen MR) is 50.3 cm³/mol. The Morgan fingerprint density at radius 3 is 2.60 bits per heavy atom. The van der Waals surface area contributed by atoms with E-state index in [1.165, 1.54) is 4.90 Å². The summed E-state index contributed by atoms with van der Waals surface area (Å²) < 4.78 is 38.1. The molecule has 90 valence electrons. The van der Waals surface area contributed by atoms with E-state index in [2.05, 4.69) is 0 Å². The first-order valence-corrected chi connectivity index (χ1v) is 5.14. The molecule has 1 aliphatic heterocycles. The van der Waals surface area contributed by atoms with Gasteiger partial charge in [0.15, 0.2) is 0 Å². The van der Waals surface area contributed by atoms with Crippen LogP contribution in [0.1, 0.15) is 19.3 Å². The van der Waals surface area contributed by atoms with E-state index in [-0.39, 0.29) is 25.6 Å². The van der Waals surface area contributed by atoms with Gasteiger partial charge in [-0.25, -0.2) is 0 Å². The number of nitrogens with two attached hydrogens (primary N) is 1. The highest BCUT2D eigenvalue weighted by Gasteiger charge is 2.46. The minimum absolute atomic E-state index is 0.0127. The fourth-order valence-electron chi connectivity index (χ4n) is 2.14. The minimum atomic E-state index is -4.25. The molecule has 0 amide bonds. The van der Waals surface area contributed by atoms with Gasteiger partial charge in [0, 0.05) is 6.04 Å². The van der Waals surface area contributed by atoms with Crippen LogP contribution in [0.15, 0.2) is 0 Å². The summed E-state index contributed by atoms with van der Waals surface area (Å²) in [5, 5.41) is 8.98. The Morgan fingerprint density at radius 1 is 1.47 bits per heavy atom. The third kappa shape index (κ3) is 3.06. The van der Waals surface area contributed by atoms with Crippen LogP contribution >= 0.6 is 0 Å². The molecule has 0 aromatic heterocycles. The van der Waals surface area contributed by atoms with Gasteiger partial charge >= 0.3 is 6.18 Å². The Bertz CT molecular complexity index is 198. The number of halogens is 3. The molecule has 0 spiro atoms. The molecule has 0 saturated carbocycles. The molecule has 2 unspecified atom stereocenters. The van der Waals surface area contributed by atoms with Gasteiger partial charge in [-0.05, 0) is 32.4 Å². The van der Waals surface area contributed by atoms with Gasteiger partial charge in [-0.15, -0.1) is 0 Å². The number of aliphatic hydroxyl groups is 1. The maximum Gasteiger partial charge on any atom is 0.404 e. The van der Waals surface area contributed by atoms with E-state index in [0.717, 1.165) is 0 Å². The number of alkyl halides is 3. The normalized spacial score (nSPS) is 25.8. The highest BCUT2D eigenvalue weighted by Crippen LogP contribution is 2.32. The molecular weight excluding hydrogens is 209 g/mol. The summed E-state index contributed by atoms with van der Waals surface area (Å²) in [6, 6.07) is -1.86. The molecule has 6 heteroatoms. The van der Waals surface area contributed by atoms with Crippen LogP contribution in [0.3, 0.4) is 0 Å². The van der Waals surface area contributed by atoms with Crippen molar-refractivity contribution < 1.29 is 18.3 Å². The Labute approximate surface area is 87.0 Å². The smallest absolute Gasteiger partial charge is 0.395 e. The standard InChI is InChI=1S/C9H17F3N2O/c10-9(11,12)8(3-4-13)14-5-1-2-7(14)6-15/h7-8,15H,1-6,13H2. The van der Waals surface area contributed by atoms with Gasteiger partial charge in [0.2, 0.25) is 0 Å². The summed E-state index contributed by atoms with van der Waals surface area (Å²) in [5.41, 5.74) is 5.19. The van der Waals surface area contributed by atoms with Crippen LogP contribution in [0.4, 0.5) is 13.2 Å². The third-order valence-corrected chi connectivity index (χ3v) is 2.85. The molecule has 1 heterocycles. The maximum atomic E-state index is 12.7. The molecule has 0 aliphatic carbocycles. The molecule has 1 saturated heterocycles. The lowest BCUT2D eigenvalue weighted by Crippen LogP contribution is -2.49. The number of hydrogen-bond donors (Lipinski definition) is 2. The summed E-state index contributed by atoms with van der Waals surface area (Å²) >= 11 is 0. The van der Waals surface area contributed by atoms with Gasteiger partial charge in [0.25, 0.3) is 0 Å². The van der Waals surface area contributed by atoms with Gasteiger partial charge in [0.05, 0.1) is 6.61 Å². The van der Waals surface area contributed by atoms with Crippen LogP contribution in [-0.2, 0) is 0 Å². The van der Waals surface area contributed by atoms with Crippen molar-refractivity contribution in [1.82, 2.24) is 4.90 Å². The lowest BCUT2D eigenvalue weighted by Gasteiger charge is -2.33. The highest BCUT2D eigenvalue weighted by atomic mass is 19.4. The molecule has 3 N–H and O–H groups in total. The van der Waals surface area contributed by atoms with Gasteiger partial charge in [-0.3, -0.25) is 4.90 Å². The molecule has 15 heavy (non-hydrogen) atoms. The van der Waals surface area contributed by atoms with Crippen LogP contribution in [0.25, 0.3) is 0 Å². The van der Waals surface area contributed by atoms with E-state index in [4.69, 9.17) is 10.8 Å². The average molecular weight is 226 g/mol. The molecule has 0 bridgehead atoms. The minimum Gasteiger partial charge on any atom is -0.395 e. The predicted octanol–water partition coefficient (Wildman–Crippen LogP) is 0.723. The third-order valence-electron chi connectivity index (χ3n) is 2.85. The van der Waals surface area contributed by atoms with Crippen molar-refractivity contribution in [2.24, 2.45) is 5.73 Å². The van der Waals surface area contributed by atoms with E-state index in [9.17, 15) is 13.2 Å². The lowest BCUT2D eigenvalue weighted by molar-refractivity contribution is -0.188. The van der Waals surface area contributed by atoms with E-state index in [0.29, 0.717) is 19.4 Å². The summed E-state index contributed by atoms with van der Waals surface area (Å²) in [6.07, 6.45) is -3.01. The first-order chi connectivity index (χ1) is 7.00. The van der Waals surface area contributed by atoms with Crippen LogP contribution in [0, 0.1) is 0 Å². The topological polar surface area (TPSA) is 49.5 Å². The molecule has 2 atom stereocenters. The first kappa shape index (κ1) is 12.7. The fraction of sp³-hybridized carbons (Fsp3) is 1.00. The summed E-state index contributed by atoms with van der Waals surface area (Å²) in [5.74, 6) is 0. The quantitative estimate of drug-likeness (QED) is 0.742. The molecular formula is C9H17F3N2O. The number of hydrogen-bond acceptors (Lipinski definition) is 3. The van der Waals surface area contributed by atoms with Crippen molar-refractivity contribution in [3.63, 3.8) is 0 Å². The van der Waals surface area contributed by atoms with Crippen molar-refractivity contribution in [2.45, 2.75) is 37.5 Å². The monoisotopic (exact) mass is 226 g/mol. The zero-order valence-corrected chi connectivity index (χ0v) is 8.50. The van der Waals surface area contributed by atoms with Gasteiger partial charge < -0.3 is 10.8 Å². The molecule has 1 fully saturated rings. The van der Waals surface area contributed by atoms with Crippen molar-refractivity contribution in [3.8, 4) is 0 Å². The van der Waals surface area contributed by atoms with E-state index < -0.39 is 12.2 Å². The van der Waals surface area contributed by atoms with Crippen LogP contribution in [-0.4, -0.2) is 48.0 Å². The summed E-state index contributed by atoms with van der Waals surface area (Å²) in [6.45, 7) is 0.200. The van der Waals surface area contributed by atoms with E-state index in [1.54, 1.807) is 0 Å². The Hall–Kier alpha value is -0.330. The second kappa shape index (κ2) is 5.14. The van der Waals surface area contributed by atoms with Crippen LogP contribution in [0.5, 0.6) is 0 Å². The van der Waals surface area contributed by atoms with Crippen LogP contribution < -0.4 is 5.73 Å². The average Bonchev–Trinajstić information content (AvgIpc) is 2.59. The SMILES string of the molecule is NCCC(N1CCCC1CO)C(F)(F)F. The zero-order chi connectivity index (χ0) is 11.5. The largest absolute Gasteiger partial charge is 0.404 e. The zero-order valence-electron chi connectivity index (χ0n) is 8.50. The van der Waals surface area contributed by atoms with Gasteiger partial charge in [-0.1, -0.05) is 0 Å². The van der Waals surface area contributed by atoms with Gasteiger partial charge in [-0.2, -0.15) is 13.2 Å². The first-order valence-electron chi connectivity index (χ1n) is 5.14. The number of likely N-dealkylation sites (tertiary alicyclic amines) is 1. The molecule has 3 nitrogen and oxygen atoms in total. The highest BCUT2D eigenvalue weighted by molar-refractivity contribution is 4.88. The van der Waals surface area contributed by atoms with E-state index >= 15 is 0 Å². The number of rotatable bonds is 4. The summed E-state index contributed by atoms with van der Waals surface area (Å²) in [7, 11) is 0. The van der Waals surface area contributed by atoms with Crippen molar-refractivity contribution in [3.05, 3.63) is 0 Å². The fourth-order valence-corrected chi connectivity index (χ4v) is 2.14. The van der Waals surface area contributed by atoms with Crippen molar-refractivity contribution >= 4 is 0 Å². The van der Waals surface area contributed by atoms with Crippen molar-refractivity contribution in [2.75, 3.05) is 19.7 Å². The Kier molecular flexibility index (Phi) is 4.36. The Morgan fingerprint density at radius 2 is 2.13 bits per heavy atom. The Balaban J connectivity index is 2.70.